The summed E-state index contributed by atoms with van der Waals surface area (Å²) in [5.74, 6) is 1.31. The molecule has 0 amide bonds. The molecular formula is C16H11N3O. The molecule has 0 spiro atoms. The molecule has 0 radical (unpaired) electrons. The lowest BCUT2D eigenvalue weighted by Gasteiger charge is -1.89. The number of aromatic nitrogens is 2. The van der Waals surface area contributed by atoms with Crippen molar-refractivity contribution in [2.45, 2.75) is 0 Å². The van der Waals surface area contributed by atoms with Gasteiger partial charge in [-0.05, 0) is 36.4 Å². The number of fused-ring (bicyclic) bond motifs is 1. The van der Waals surface area contributed by atoms with Crippen LogP contribution in [0.1, 0.15) is 11.6 Å². The lowest BCUT2D eigenvalue weighted by Crippen LogP contribution is -1.83. The number of para-hydroxylation sites is 2. The Morgan fingerprint density at radius 1 is 1.25 bits per heavy atom. The quantitative estimate of drug-likeness (QED) is 0.576. The van der Waals surface area contributed by atoms with Crippen molar-refractivity contribution in [3.8, 4) is 6.07 Å². The molecule has 0 aliphatic carbocycles. The summed E-state index contributed by atoms with van der Waals surface area (Å²) in [5, 5.41) is 9.23. The highest BCUT2D eigenvalue weighted by atomic mass is 16.3. The van der Waals surface area contributed by atoms with Crippen LogP contribution in [0.15, 0.2) is 59.2 Å². The van der Waals surface area contributed by atoms with E-state index in [1.165, 1.54) is 0 Å². The molecule has 1 aromatic carbocycles. The monoisotopic (exact) mass is 261 g/mol. The average Bonchev–Trinajstić information content (AvgIpc) is 3.12. The highest BCUT2D eigenvalue weighted by Crippen LogP contribution is 2.16. The Morgan fingerprint density at radius 3 is 2.90 bits per heavy atom. The minimum Gasteiger partial charge on any atom is -0.465 e. The predicted molar refractivity (Wildman–Crippen MR) is 77.4 cm³/mol. The fourth-order valence-electron chi connectivity index (χ4n) is 1.87. The highest BCUT2D eigenvalue weighted by Gasteiger charge is 2.05. The Hall–Kier alpha value is -3.06. The van der Waals surface area contributed by atoms with E-state index in [0.29, 0.717) is 11.4 Å². The van der Waals surface area contributed by atoms with Crippen LogP contribution in [0.25, 0.3) is 22.7 Å². The van der Waals surface area contributed by atoms with Gasteiger partial charge in [-0.1, -0.05) is 18.2 Å². The van der Waals surface area contributed by atoms with Gasteiger partial charge in [0, 0.05) is 0 Å². The molecule has 4 heteroatoms. The molecule has 0 saturated carbocycles. The van der Waals surface area contributed by atoms with Crippen LogP contribution in [0.3, 0.4) is 0 Å². The van der Waals surface area contributed by atoms with Crippen LogP contribution in [-0.4, -0.2) is 9.97 Å². The van der Waals surface area contributed by atoms with Crippen LogP contribution >= 0.6 is 0 Å². The maximum atomic E-state index is 9.23. The first-order valence-corrected chi connectivity index (χ1v) is 6.14. The lowest BCUT2D eigenvalue weighted by molar-refractivity contribution is 0.557. The fourth-order valence-corrected chi connectivity index (χ4v) is 1.87. The minimum absolute atomic E-state index is 0.476. The van der Waals surface area contributed by atoms with E-state index in [2.05, 4.69) is 16.0 Å². The summed E-state index contributed by atoms with van der Waals surface area (Å²) in [7, 11) is 0. The molecule has 0 atom stereocenters. The van der Waals surface area contributed by atoms with Crippen LogP contribution in [0.2, 0.25) is 0 Å². The molecule has 0 unspecified atom stereocenters. The van der Waals surface area contributed by atoms with Gasteiger partial charge in [0.2, 0.25) is 0 Å². The number of rotatable bonds is 3. The Labute approximate surface area is 115 Å². The zero-order valence-corrected chi connectivity index (χ0v) is 10.6. The molecule has 3 rings (SSSR count). The number of furan rings is 1. The third-order valence-corrected chi connectivity index (χ3v) is 2.83. The molecule has 20 heavy (non-hydrogen) atoms. The van der Waals surface area contributed by atoms with E-state index in [1.54, 1.807) is 24.5 Å². The Balaban J connectivity index is 1.91. The van der Waals surface area contributed by atoms with Crippen LogP contribution in [0.5, 0.6) is 0 Å². The minimum atomic E-state index is 0.476. The number of benzene rings is 1. The molecule has 0 aliphatic heterocycles. The first kappa shape index (κ1) is 12.0. The van der Waals surface area contributed by atoms with Crippen molar-refractivity contribution in [2.75, 3.05) is 0 Å². The SMILES string of the molecule is N#C/C(=C/C=C/c1ccco1)c1nc2ccccc2[nH]1. The summed E-state index contributed by atoms with van der Waals surface area (Å²) < 4.78 is 5.18. The molecule has 96 valence electrons. The number of H-pyrrole nitrogens is 1. The molecule has 0 saturated heterocycles. The number of aromatic amines is 1. The van der Waals surface area contributed by atoms with Crippen molar-refractivity contribution >= 4 is 22.7 Å². The van der Waals surface area contributed by atoms with E-state index in [9.17, 15) is 5.26 Å². The van der Waals surface area contributed by atoms with Gasteiger partial charge in [0.05, 0.1) is 22.9 Å². The van der Waals surface area contributed by atoms with Crippen molar-refractivity contribution in [3.05, 3.63) is 66.4 Å². The topological polar surface area (TPSA) is 65.6 Å². The van der Waals surface area contributed by atoms with Gasteiger partial charge >= 0.3 is 0 Å². The van der Waals surface area contributed by atoms with E-state index in [1.807, 2.05) is 36.4 Å². The van der Waals surface area contributed by atoms with Crippen molar-refractivity contribution in [1.82, 2.24) is 9.97 Å². The summed E-state index contributed by atoms with van der Waals surface area (Å²) in [6.45, 7) is 0. The third-order valence-electron chi connectivity index (χ3n) is 2.83. The van der Waals surface area contributed by atoms with Gasteiger partial charge in [0.1, 0.15) is 17.7 Å². The molecule has 4 nitrogen and oxygen atoms in total. The smallest absolute Gasteiger partial charge is 0.149 e. The van der Waals surface area contributed by atoms with Crippen molar-refractivity contribution in [1.29, 1.82) is 5.26 Å². The van der Waals surface area contributed by atoms with E-state index in [-0.39, 0.29) is 0 Å². The standard InChI is InChI=1S/C16H11N3O/c17-11-12(5-3-6-13-7-4-10-20-13)16-18-14-8-1-2-9-15(14)19-16/h1-10H,(H,18,19)/b6-3+,12-5-. The first-order valence-electron chi connectivity index (χ1n) is 6.14. The van der Waals surface area contributed by atoms with Crippen LogP contribution < -0.4 is 0 Å². The van der Waals surface area contributed by atoms with Crippen LogP contribution in [0, 0.1) is 11.3 Å². The fraction of sp³-hybridized carbons (Fsp3) is 0. The molecule has 0 bridgehead atoms. The summed E-state index contributed by atoms with van der Waals surface area (Å²) in [5.41, 5.74) is 2.24. The van der Waals surface area contributed by atoms with Gasteiger partial charge in [-0.25, -0.2) is 4.98 Å². The van der Waals surface area contributed by atoms with Gasteiger partial charge < -0.3 is 9.40 Å². The van der Waals surface area contributed by atoms with Gasteiger partial charge in [-0.15, -0.1) is 0 Å². The number of nitrogens with zero attached hydrogens (tertiary/aromatic N) is 2. The maximum absolute atomic E-state index is 9.23. The van der Waals surface area contributed by atoms with Gasteiger partial charge in [0.15, 0.2) is 0 Å². The highest BCUT2D eigenvalue weighted by molar-refractivity contribution is 5.82. The summed E-state index contributed by atoms with van der Waals surface area (Å²) >= 11 is 0. The number of nitriles is 1. The second-order valence-electron chi connectivity index (χ2n) is 4.17. The number of allylic oxidation sites excluding steroid dienone is 3. The lowest BCUT2D eigenvalue weighted by atomic mass is 10.2. The van der Waals surface area contributed by atoms with Crippen molar-refractivity contribution in [3.63, 3.8) is 0 Å². The Bertz CT molecular complexity index is 784. The largest absolute Gasteiger partial charge is 0.465 e. The molecule has 0 fully saturated rings. The van der Waals surface area contributed by atoms with Gasteiger partial charge in [-0.2, -0.15) is 5.26 Å². The van der Waals surface area contributed by atoms with Crippen LogP contribution in [0.4, 0.5) is 0 Å². The number of imidazole rings is 1. The molecule has 0 aliphatic rings. The normalized spacial score (nSPS) is 12.1. The van der Waals surface area contributed by atoms with Gasteiger partial charge in [0.25, 0.3) is 0 Å². The maximum Gasteiger partial charge on any atom is 0.149 e. The molecule has 2 heterocycles. The van der Waals surface area contributed by atoms with Gasteiger partial charge in [-0.3, -0.25) is 0 Å². The predicted octanol–water partition coefficient (Wildman–Crippen LogP) is 3.78. The van der Waals surface area contributed by atoms with E-state index in [0.717, 1.165) is 16.8 Å². The zero-order chi connectivity index (χ0) is 13.8. The molecular weight excluding hydrogens is 250 g/mol. The second-order valence-corrected chi connectivity index (χ2v) is 4.17. The number of nitrogens with one attached hydrogen (secondary N) is 1. The summed E-state index contributed by atoms with van der Waals surface area (Å²) in [4.78, 5) is 7.53. The number of hydrogen-bond donors (Lipinski definition) is 1. The van der Waals surface area contributed by atoms with E-state index >= 15 is 0 Å². The number of hydrogen-bond acceptors (Lipinski definition) is 3. The average molecular weight is 261 g/mol. The Morgan fingerprint density at radius 2 is 2.15 bits per heavy atom. The molecule has 3 aromatic rings. The summed E-state index contributed by atoms with van der Waals surface area (Å²) in [6, 6.07) is 13.5. The molecule has 2 aromatic heterocycles. The van der Waals surface area contributed by atoms with Crippen molar-refractivity contribution < 1.29 is 4.42 Å². The van der Waals surface area contributed by atoms with Crippen molar-refractivity contribution in [2.24, 2.45) is 0 Å². The zero-order valence-electron chi connectivity index (χ0n) is 10.6. The van der Waals surface area contributed by atoms with E-state index in [4.69, 9.17) is 4.42 Å². The Kier molecular flexibility index (Phi) is 3.17. The summed E-state index contributed by atoms with van der Waals surface area (Å²) in [6.07, 6.45) is 6.87. The second kappa shape index (κ2) is 5.29. The third kappa shape index (κ3) is 2.38. The first-order chi connectivity index (χ1) is 9.86. The van der Waals surface area contributed by atoms with Crippen LogP contribution in [-0.2, 0) is 0 Å². The van der Waals surface area contributed by atoms with E-state index < -0.39 is 0 Å². The molecule has 1 N–H and O–H groups in total.